The average molecular weight is 450 g/mol. The first-order valence-corrected chi connectivity index (χ1v) is 10.3. The molecule has 9 atom stereocenters. The average Bonchev–Trinajstić information content (AvgIpc) is 3.15. The fourth-order valence-corrected chi connectivity index (χ4v) is 4.25. The number of rotatable bonds is 6. The lowest BCUT2D eigenvalue weighted by Gasteiger charge is -2.43. The largest absolute Gasteiger partial charge is 0.472 e. The van der Waals surface area contributed by atoms with Gasteiger partial charge in [0, 0.05) is 5.92 Å². The quantitative estimate of drug-likeness (QED) is 0.271. The molecule has 2 aliphatic heterocycles. The minimum atomic E-state index is -1.62. The fourth-order valence-electron chi connectivity index (χ4n) is 4.25. The first-order valence-electron chi connectivity index (χ1n) is 10.3. The molecule has 1 fully saturated rings. The molecule has 4 rings (SSSR count). The van der Waals surface area contributed by atoms with Crippen LogP contribution in [0.25, 0.3) is 0 Å². The molecular weight excluding hydrogens is 424 g/mol. The summed E-state index contributed by atoms with van der Waals surface area (Å²) in [4.78, 5) is 12.6. The van der Waals surface area contributed by atoms with Crippen molar-refractivity contribution in [2.24, 2.45) is 11.8 Å². The van der Waals surface area contributed by atoms with Crippen molar-refractivity contribution in [3.63, 3.8) is 0 Å². The lowest BCUT2D eigenvalue weighted by molar-refractivity contribution is -0.338. The van der Waals surface area contributed by atoms with Crippen LogP contribution in [0.4, 0.5) is 0 Å². The van der Waals surface area contributed by atoms with Gasteiger partial charge in [-0.2, -0.15) is 0 Å². The molecule has 0 unspecified atom stereocenters. The van der Waals surface area contributed by atoms with Crippen LogP contribution in [-0.4, -0.2) is 87.8 Å². The fraction of sp³-hybridized carbons (Fsp3) is 0.500. The van der Waals surface area contributed by atoms with Crippen LogP contribution >= 0.6 is 0 Å². The van der Waals surface area contributed by atoms with E-state index in [4.69, 9.17) is 18.9 Å². The number of carbonyl (C=O) groups excluding carboxylic acids is 1. The van der Waals surface area contributed by atoms with Gasteiger partial charge in [-0.3, -0.25) is 0 Å². The summed E-state index contributed by atoms with van der Waals surface area (Å²) in [5.41, 5.74) is 0.725. The maximum absolute atomic E-state index is 12.6. The minimum absolute atomic E-state index is 0.221. The van der Waals surface area contributed by atoms with Crippen LogP contribution in [0.15, 0.2) is 54.3 Å². The van der Waals surface area contributed by atoms with Crippen LogP contribution in [0.3, 0.4) is 0 Å². The lowest BCUT2D eigenvalue weighted by Crippen LogP contribution is -2.61. The number of ether oxygens (including phenoxy) is 4. The summed E-state index contributed by atoms with van der Waals surface area (Å²) in [6, 6.07) is 8.07. The Morgan fingerprint density at radius 1 is 1.03 bits per heavy atom. The van der Waals surface area contributed by atoms with Gasteiger partial charge in [-0.1, -0.05) is 24.3 Å². The van der Waals surface area contributed by atoms with Gasteiger partial charge in [0.25, 0.3) is 0 Å². The van der Waals surface area contributed by atoms with E-state index in [-0.39, 0.29) is 12.2 Å². The van der Waals surface area contributed by atoms with Gasteiger partial charge >= 0.3 is 5.97 Å². The highest BCUT2D eigenvalue weighted by atomic mass is 16.8. The lowest BCUT2D eigenvalue weighted by atomic mass is 9.88. The van der Waals surface area contributed by atoms with Crippen LogP contribution in [0, 0.1) is 11.8 Å². The van der Waals surface area contributed by atoms with Gasteiger partial charge in [-0.15, -0.1) is 0 Å². The van der Waals surface area contributed by atoms with E-state index in [1.807, 2.05) is 0 Å². The van der Waals surface area contributed by atoms with Crippen molar-refractivity contribution in [2.75, 3.05) is 13.2 Å². The van der Waals surface area contributed by atoms with Crippen molar-refractivity contribution in [2.45, 2.75) is 43.1 Å². The summed E-state index contributed by atoms with van der Waals surface area (Å²) in [7, 11) is 0. The van der Waals surface area contributed by atoms with E-state index in [2.05, 4.69) is 0 Å². The van der Waals surface area contributed by atoms with Crippen molar-refractivity contribution < 1.29 is 49.3 Å². The summed E-state index contributed by atoms with van der Waals surface area (Å²) < 4.78 is 22.5. The topological polar surface area (TPSA) is 155 Å². The van der Waals surface area contributed by atoms with Gasteiger partial charge in [-0.25, -0.2) is 4.79 Å². The Bertz CT molecular complexity index is 856. The monoisotopic (exact) mass is 450 g/mol. The molecule has 0 aromatic heterocycles. The second-order valence-electron chi connectivity index (χ2n) is 7.91. The maximum Gasteiger partial charge on any atom is 0.338 e. The number of aliphatic hydroxyl groups is 5. The van der Waals surface area contributed by atoms with Crippen molar-refractivity contribution in [1.29, 1.82) is 0 Å². The van der Waals surface area contributed by atoms with Crippen LogP contribution in [-0.2, 0) is 18.9 Å². The Kier molecular flexibility index (Phi) is 6.91. The van der Waals surface area contributed by atoms with Crippen molar-refractivity contribution in [3.8, 4) is 0 Å². The molecular formula is C22H26O10. The Morgan fingerprint density at radius 3 is 2.47 bits per heavy atom. The summed E-state index contributed by atoms with van der Waals surface area (Å²) >= 11 is 0. The Hall–Kier alpha value is -2.31. The Morgan fingerprint density at radius 2 is 1.78 bits per heavy atom. The van der Waals surface area contributed by atoms with Gasteiger partial charge in [0.2, 0.25) is 12.6 Å². The molecule has 174 valence electrons. The predicted molar refractivity (Wildman–Crippen MR) is 107 cm³/mol. The molecule has 1 saturated heterocycles. The normalized spacial score (nSPS) is 38.5. The third-order valence-electron chi connectivity index (χ3n) is 5.96. The molecule has 1 aliphatic carbocycles. The van der Waals surface area contributed by atoms with Crippen LogP contribution < -0.4 is 0 Å². The van der Waals surface area contributed by atoms with Gasteiger partial charge < -0.3 is 44.5 Å². The SMILES string of the molecule is O=C(O[C@H]1[C@H](O[C@@H]2OC=C[C@@H]3[C@H]2C(CO)=C[C@H]3O)O[C@H](CO)[C@@H](O)[C@@H]1O)c1ccccc1. The van der Waals surface area contributed by atoms with E-state index >= 15 is 0 Å². The van der Waals surface area contributed by atoms with Crippen LogP contribution in [0.5, 0.6) is 0 Å². The van der Waals surface area contributed by atoms with E-state index in [1.54, 1.807) is 24.3 Å². The first-order chi connectivity index (χ1) is 15.4. The number of fused-ring (bicyclic) bond motifs is 1. The highest BCUT2D eigenvalue weighted by Crippen LogP contribution is 2.41. The minimum Gasteiger partial charge on any atom is -0.472 e. The van der Waals surface area contributed by atoms with E-state index in [9.17, 15) is 30.3 Å². The number of hydrogen-bond donors (Lipinski definition) is 5. The van der Waals surface area contributed by atoms with Crippen LogP contribution in [0.1, 0.15) is 10.4 Å². The smallest absolute Gasteiger partial charge is 0.338 e. The molecule has 0 spiro atoms. The van der Waals surface area contributed by atoms with E-state index in [1.165, 1.54) is 24.5 Å². The third-order valence-corrected chi connectivity index (χ3v) is 5.96. The van der Waals surface area contributed by atoms with E-state index in [0.29, 0.717) is 5.57 Å². The van der Waals surface area contributed by atoms with Crippen molar-refractivity contribution in [3.05, 3.63) is 59.9 Å². The number of carbonyl (C=O) groups is 1. The predicted octanol–water partition coefficient (Wildman–Crippen LogP) is -0.937. The molecule has 10 nitrogen and oxygen atoms in total. The molecule has 0 amide bonds. The molecule has 2 heterocycles. The highest BCUT2D eigenvalue weighted by Gasteiger charge is 2.51. The zero-order chi connectivity index (χ0) is 22.8. The molecule has 10 heteroatoms. The number of hydrogen-bond acceptors (Lipinski definition) is 10. The van der Waals surface area contributed by atoms with Crippen molar-refractivity contribution >= 4 is 5.97 Å². The zero-order valence-corrected chi connectivity index (χ0v) is 17.0. The molecule has 0 radical (unpaired) electrons. The summed E-state index contributed by atoms with van der Waals surface area (Å²) in [6.07, 6.45) is -4.56. The Labute approximate surface area is 183 Å². The van der Waals surface area contributed by atoms with Gasteiger partial charge in [0.15, 0.2) is 6.10 Å². The number of aliphatic hydroxyl groups excluding tert-OH is 5. The Balaban J connectivity index is 1.56. The third kappa shape index (κ3) is 4.30. The number of esters is 1. The molecule has 3 aliphatic rings. The zero-order valence-electron chi connectivity index (χ0n) is 17.0. The first kappa shape index (κ1) is 22.9. The van der Waals surface area contributed by atoms with E-state index < -0.39 is 67.5 Å². The van der Waals surface area contributed by atoms with E-state index in [0.717, 1.165) is 0 Å². The standard InChI is InChI=1S/C22H26O10/c23-9-12-8-14(25)13-6-7-29-21(16(12)13)32-22-19(18(27)17(26)15(10-24)30-22)31-20(28)11-4-2-1-3-5-11/h1-8,13-19,21-27H,9-10H2/t13-,14+,15+,16+,17+,18-,19+,21-,22-/m0/s1. The second kappa shape index (κ2) is 9.67. The van der Waals surface area contributed by atoms with Gasteiger partial charge in [0.05, 0.1) is 37.1 Å². The number of benzene rings is 1. The molecule has 5 N–H and O–H groups in total. The van der Waals surface area contributed by atoms with Gasteiger partial charge in [-0.05, 0) is 23.8 Å². The molecule has 1 aromatic carbocycles. The second-order valence-corrected chi connectivity index (χ2v) is 7.91. The molecule has 32 heavy (non-hydrogen) atoms. The molecule has 0 bridgehead atoms. The maximum atomic E-state index is 12.6. The summed E-state index contributed by atoms with van der Waals surface area (Å²) in [6.45, 7) is -0.941. The van der Waals surface area contributed by atoms with Crippen LogP contribution in [0.2, 0.25) is 0 Å². The highest BCUT2D eigenvalue weighted by molar-refractivity contribution is 5.89. The molecule has 1 aromatic rings. The molecule has 0 saturated carbocycles. The van der Waals surface area contributed by atoms with Crippen molar-refractivity contribution in [1.82, 2.24) is 0 Å². The summed E-state index contributed by atoms with van der Waals surface area (Å²) in [5, 5.41) is 50.4. The summed E-state index contributed by atoms with van der Waals surface area (Å²) in [5.74, 6) is -1.73. The van der Waals surface area contributed by atoms with Gasteiger partial charge in [0.1, 0.15) is 18.3 Å².